The summed E-state index contributed by atoms with van der Waals surface area (Å²) in [4.78, 5) is 13.8. The van der Waals surface area contributed by atoms with Gasteiger partial charge in [0.25, 0.3) is 0 Å². The van der Waals surface area contributed by atoms with E-state index in [4.69, 9.17) is 10.00 Å². The third-order valence-corrected chi connectivity index (χ3v) is 3.01. The fraction of sp³-hybridized carbons (Fsp3) is 0.385. The Bertz CT molecular complexity index is 464. The molecule has 1 heterocycles. The molecule has 0 aromatic heterocycles. The highest BCUT2D eigenvalue weighted by molar-refractivity contribution is 5.85. The van der Waals surface area contributed by atoms with Gasteiger partial charge in [0.2, 0.25) is 5.91 Å². The smallest absolute Gasteiger partial charge is 0.244 e. The molecule has 0 spiro atoms. The first-order valence-corrected chi connectivity index (χ1v) is 5.82. The molecule has 1 amide bonds. The fourth-order valence-electron chi connectivity index (χ4n) is 2.02. The largest absolute Gasteiger partial charge is 0.377 e. The molecule has 1 fully saturated rings. The number of nitrogens with one attached hydrogen (secondary N) is 1. The maximum Gasteiger partial charge on any atom is 0.244 e. The predicted octanol–water partition coefficient (Wildman–Crippen LogP) is 0.509. The monoisotopic (exact) mass is 245 g/mol. The molecule has 1 unspecified atom stereocenters. The van der Waals surface area contributed by atoms with Crippen LogP contribution in [0.1, 0.15) is 5.56 Å². The van der Waals surface area contributed by atoms with E-state index in [0.717, 1.165) is 5.69 Å². The Morgan fingerprint density at radius 2 is 2.22 bits per heavy atom. The molecule has 1 N–H and O–H groups in total. The number of amides is 1. The van der Waals surface area contributed by atoms with Crippen molar-refractivity contribution in [3.05, 3.63) is 29.8 Å². The number of benzene rings is 1. The summed E-state index contributed by atoms with van der Waals surface area (Å²) in [5.41, 5.74) is 1.55. The number of hydrogen-bond donors (Lipinski definition) is 1. The van der Waals surface area contributed by atoms with Gasteiger partial charge in [-0.25, -0.2) is 0 Å². The lowest BCUT2D eigenvalue weighted by atomic mass is 10.1. The normalized spacial score (nSPS) is 19.1. The molecule has 1 saturated heterocycles. The molecule has 5 heteroatoms. The van der Waals surface area contributed by atoms with E-state index in [1.165, 1.54) is 0 Å². The molecule has 0 radical (unpaired) electrons. The standard InChI is InChI=1S/C13H15N3O2/c1-15-13(17)12-9-18-7-6-16(12)11-4-2-10(8-14)3-5-11/h2-5,12H,6-7,9H2,1H3,(H,15,17). The third-order valence-electron chi connectivity index (χ3n) is 3.01. The molecule has 94 valence electrons. The summed E-state index contributed by atoms with van der Waals surface area (Å²) < 4.78 is 5.35. The summed E-state index contributed by atoms with van der Waals surface area (Å²) >= 11 is 0. The Morgan fingerprint density at radius 3 is 2.83 bits per heavy atom. The first-order valence-electron chi connectivity index (χ1n) is 5.82. The lowest BCUT2D eigenvalue weighted by molar-refractivity contribution is -0.124. The molecule has 0 bridgehead atoms. The number of nitrogens with zero attached hydrogens (tertiary/aromatic N) is 2. The van der Waals surface area contributed by atoms with Crippen molar-refractivity contribution < 1.29 is 9.53 Å². The van der Waals surface area contributed by atoms with Crippen molar-refractivity contribution in [3.63, 3.8) is 0 Å². The van der Waals surface area contributed by atoms with Gasteiger partial charge in [-0.2, -0.15) is 5.26 Å². The molecule has 0 saturated carbocycles. The second-order valence-electron chi connectivity index (χ2n) is 4.06. The van der Waals surface area contributed by atoms with Crippen LogP contribution in [0.15, 0.2) is 24.3 Å². The highest BCUT2D eigenvalue weighted by Gasteiger charge is 2.28. The molecule has 1 aromatic rings. The van der Waals surface area contributed by atoms with Crippen LogP contribution in [0.2, 0.25) is 0 Å². The Morgan fingerprint density at radius 1 is 1.50 bits per heavy atom. The van der Waals surface area contributed by atoms with E-state index < -0.39 is 0 Å². The zero-order valence-corrected chi connectivity index (χ0v) is 10.2. The zero-order valence-electron chi connectivity index (χ0n) is 10.2. The first-order chi connectivity index (χ1) is 8.76. The summed E-state index contributed by atoms with van der Waals surface area (Å²) in [6.07, 6.45) is 0. The van der Waals surface area contributed by atoms with E-state index in [-0.39, 0.29) is 11.9 Å². The number of nitriles is 1. The number of hydrogen-bond acceptors (Lipinski definition) is 4. The number of carbonyl (C=O) groups excluding carboxylic acids is 1. The number of anilines is 1. The van der Waals surface area contributed by atoms with Gasteiger partial charge in [-0.15, -0.1) is 0 Å². The van der Waals surface area contributed by atoms with Gasteiger partial charge in [-0.1, -0.05) is 0 Å². The second kappa shape index (κ2) is 5.52. The quantitative estimate of drug-likeness (QED) is 0.824. The predicted molar refractivity (Wildman–Crippen MR) is 67.2 cm³/mol. The average molecular weight is 245 g/mol. The minimum Gasteiger partial charge on any atom is -0.377 e. The first kappa shape index (κ1) is 12.4. The highest BCUT2D eigenvalue weighted by atomic mass is 16.5. The summed E-state index contributed by atoms with van der Waals surface area (Å²) in [6.45, 7) is 1.66. The topological polar surface area (TPSA) is 65.4 Å². The number of rotatable bonds is 2. The van der Waals surface area contributed by atoms with Gasteiger partial charge < -0.3 is 15.0 Å². The molecule has 5 nitrogen and oxygen atoms in total. The zero-order chi connectivity index (χ0) is 13.0. The van der Waals surface area contributed by atoms with Gasteiger partial charge in [0.05, 0.1) is 24.8 Å². The molecule has 1 atom stereocenters. The second-order valence-corrected chi connectivity index (χ2v) is 4.06. The summed E-state index contributed by atoms with van der Waals surface area (Å²) in [5.74, 6) is -0.0564. The Kier molecular flexibility index (Phi) is 3.80. The molecule has 0 aliphatic carbocycles. The maximum absolute atomic E-state index is 11.8. The van der Waals surface area contributed by atoms with Gasteiger partial charge in [0.1, 0.15) is 6.04 Å². The molecular weight excluding hydrogens is 230 g/mol. The molecule has 1 aliphatic heterocycles. The Hall–Kier alpha value is -2.06. The molecule has 18 heavy (non-hydrogen) atoms. The maximum atomic E-state index is 11.8. The minimum absolute atomic E-state index is 0.0564. The third kappa shape index (κ3) is 2.44. The van der Waals surface area contributed by atoms with Crippen molar-refractivity contribution in [3.8, 4) is 6.07 Å². The van der Waals surface area contributed by atoms with Crippen LogP contribution in [0.4, 0.5) is 5.69 Å². The van der Waals surface area contributed by atoms with Crippen LogP contribution in [0.3, 0.4) is 0 Å². The van der Waals surface area contributed by atoms with E-state index in [0.29, 0.717) is 25.3 Å². The Labute approximate surface area is 106 Å². The molecule has 2 rings (SSSR count). The summed E-state index contributed by atoms with van der Waals surface area (Å²) in [6, 6.07) is 9.00. The molecule has 1 aliphatic rings. The van der Waals surface area contributed by atoms with Gasteiger partial charge in [0.15, 0.2) is 0 Å². The van der Waals surface area contributed by atoms with Crippen LogP contribution in [0, 0.1) is 11.3 Å². The number of ether oxygens (including phenoxy) is 1. The van der Waals surface area contributed by atoms with E-state index in [2.05, 4.69) is 11.4 Å². The van der Waals surface area contributed by atoms with E-state index in [1.807, 2.05) is 17.0 Å². The van der Waals surface area contributed by atoms with Crippen molar-refractivity contribution >= 4 is 11.6 Å². The van der Waals surface area contributed by atoms with E-state index in [1.54, 1.807) is 19.2 Å². The Balaban J connectivity index is 2.22. The van der Waals surface area contributed by atoms with E-state index >= 15 is 0 Å². The van der Waals surface area contributed by atoms with Crippen LogP contribution in [0.5, 0.6) is 0 Å². The van der Waals surface area contributed by atoms with Crippen molar-refractivity contribution in [2.24, 2.45) is 0 Å². The molecule has 1 aromatic carbocycles. The van der Waals surface area contributed by atoms with Gasteiger partial charge in [-0.05, 0) is 24.3 Å². The highest BCUT2D eigenvalue weighted by Crippen LogP contribution is 2.20. The van der Waals surface area contributed by atoms with Crippen LogP contribution in [-0.2, 0) is 9.53 Å². The summed E-state index contributed by atoms with van der Waals surface area (Å²) in [7, 11) is 1.62. The van der Waals surface area contributed by atoms with Gasteiger partial charge in [-0.3, -0.25) is 4.79 Å². The van der Waals surface area contributed by atoms with Crippen molar-refractivity contribution in [2.45, 2.75) is 6.04 Å². The van der Waals surface area contributed by atoms with Crippen molar-refractivity contribution in [1.82, 2.24) is 5.32 Å². The van der Waals surface area contributed by atoms with Crippen LogP contribution in [0.25, 0.3) is 0 Å². The SMILES string of the molecule is CNC(=O)C1COCCN1c1ccc(C#N)cc1. The average Bonchev–Trinajstić information content (AvgIpc) is 2.46. The van der Waals surface area contributed by atoms with Crippen molar-refractivity contribution in [1.29, 1.82) is 5.26 Å². The van der Waals surface area contributed by atoms with Crippen molar-refractivity contribution in [2.75, 3.05) is 31.7 Å². The van der Waals surface area contributed by atoms with Crippen LogP contribution < -0.4 is 10.2 Å². The summed E-state index contributed by atoms with van der Waals surface area (Å²) in [5, 5.41) is 11.4. The van der Waals surface area contributed by atoms with Crippen LogP contribution >= 0.6 is 0 Å². The lowest BCUT2D eigenvalue weighted by Gasteiger charge is -2.36. The van der Waals surface area contributed by atoms with Gasteiger partial charge >= 0.3 is 0 Å². The molecular formula is C13H15N3O2. The van der Waals surface area contributed by atoms with Crippen LogP contribution in [-0.4, -0.2) is 38.8 Å². The minimum atomic E-state index is -0.309. The lowest BCUT2D eigenvalue weighted by Crippen LogP contribution is -2.53. The van der Waals surface area contributed by atoms with Gasteiger partial charge in [0, 0.05) is 19.3 Å². The number of carbonyl (C=O) groups is 1. The number of morpholine rings is 1. The van der Waals surface area contributed by atoms with E-state index in [9.17, 15) is 4.79 Å². The number of likely N-dealkylation sites (N-methyl/N-ethyl adjacent to an activating group) is 1. The fourth-order valence-corrected chi connectivity index (χ4v) is 2.02.